The van der Waals surface area contributed by atoms with Crippen LogP contribution >= 0.6 is 11.8 Å². The van der Waals surface area contributed by atoms with E-state index in [1.807, 2.05) is 45.2 Å². The van der Waals surface area contributed by atoms with Gasteiger partial charge in [-0.3, -0.25) is 9.59 Å². The largest absolute Gasteiger partial charge is 0.368 e. The third-order valence-electron chi connectivity index (χ3n) is 2.95. The van der Waals surface area contributed by atoms with Gasteiger partial charge in [0.05, 0.1) is 0 Å². The van der Waals surface area contributed by atoms with E-state index in [1.54, 1.807) is 11.8 Å². The van der Waals surface area contributed by atoms with E-state index in [-0.39, 0.29) is 11.8 Å². The molecule has 3 N–H and O–H groups in total. The molecular weight excluding hydrogens is 260 g/mol. The molecule has 0 aromatic heterocycles. The van der Waals surface area contributed by atoms with Crippen LogP contribution in [-0.4, -0.2) is 24.1 Å². The molecule has 5 heteroatoms. The van der Waals surface area contributed by atoms with Crippen molar-refractivity contribution in [1.29, 1.82) is 0 Å². The van der Waals surface area contributed by atoms with Crippen molar-refractivity contribution >= 4 is 23.6 Å². The van der Waals surface area contributed by atoms with Gasteiger partial charge >= 0.3 is 0 Å². The highest BCUT2D eigenvalue weighted by atomic mass is 32.2. The molecule has 0 bridgehead atoms. The number of nitrogens with two attached hydrogens (primary N) is 1. The predicted molar refractivity (Wildman–Crippen MR) is 78.2 cm³/mol. The van der Waals surface area contributed by atoms with Crippen LogP contribution in [0.5, 0.6) is 0 Å². The molecule has 1 atom stereocenters. The number of hydrogen-bond donors (Lipinski definition) is 2. The SMILES string of the molecule is CSc1ccc(C)c(C(=O)N[C@H](C(N)=O)C(C)C)c1. The van der Waals surface area contributed by atoms with Gasteiger partial charge in [-0.25, -0.2) is 0 Å². The predicted octanol–water partition coefficient (Wildman–Crippen LogP) is 1.96. The van der Waals surface area contributed by atoms with Gasteiger partial charge in [0, 0.05) is 10.5 Å². The molecule has 1 rings (SSSR count). The van der Waals surface area contributed by atoms with Crippen molar-refractivity contribution in [3.63, 3.8) is 0 Å². The number of hydrogen-bond acceptors (Lipinski definition) is 3. The fourth-order valence-electron chi connectivity index (χ4n) is 1.76. The standard InChI is InChI=1S/C14H20N2O2S/c1-8(2)12(13(15)17)16-14(18)11-7-10(19-4)6-5-9(11)3/h5-8,12H,1-4H3,(H2,15,17)(H,16,18)/t12-/m0/s1. The molecule has 1 aromatic carbocycles. The highest BCUT2D eigenvalue weighted by Gasteiger charge is 2.22. The monoisotopic (exact) mass is 280 g/mol. The second-order valence-corrected chi connectivity index (χ2v) is 5.66. The average Bonchev–Trinajstić information content (AvgIpc) is 2.35. The lowest BCUT2D eigenvalue weighted by Crippen LogP contribution is -2.47. The summed E-state index contributed by atoms with van der Waals surface area (Å²) >= 11 is 1.57. The summed E-state index contributed by atoms with van der Waals surface area (Å²) in [5.41, 5.74) is 6.76. The number of benzene rings is 1. The maximum absolute atomic E-state index is 12.2. The number of rotatable bonds is 5. The topological polar surface area (TPSA) is 72.2 Å². The summed E-state index contributed by atoms with van der Waals surface area (Å²) < 4.78 is 0. The molecule has 4 nitrogen and oxygen atoms in total. The summed E-state index contributed by atoms with van der Waals surface area (Å²) in [6.07, 6.45) is 1.95. The van der Waals surface area contributed by atoms with E-state index in [0.717, 1.165) is 10.5 Å². The zero-order valence-corrected chi connectivity index (χ0v) is 12.5. The molecule has 2 amide bonds. The third-order valence-corrected chi connectivity index (χ3v) is 3.67. The molecule has 0 fully saturated rings. The minimum Gasteiger partial charge on any atom is -0.368 e. The smallest absolute Gasteiger partial charge is 0.252 e. The van der Waals surface area contributed by atoms with Crippen molar-refractivity contribution < 1.29 is 9.59 Å². The summed E-state index contributed by atoms with van der Waals surface area (Å²) in [7, 11) is 0. The van der Waals surface area contributed by atoms with E-state index >= 15 is 0 Å². The van der Waals surface area contributed by atoms with E-state index in [0.29, 0.717) is 5.56 Å². The summed E-state index contributed by atoms with van der Waals surface area (Å²) in [6, 6.07) is 5.04. The van der Waals surface area contributed by atoms with Crippen molar-refractivity contribution in [3.05, 3.63) is 29.3 Å². The minimum absolute atomic E-state index is 0.0366. The van der Waals surface area contributed by atoms with Crippen LogP contribution in [0.2, 0.25) is 0 Å². The van der Waals surface area contributed by atoms with Gasteiger partial charge in [0.25, 0.3) is 5.91 Å². The Kier molecular flexibility index (Phi) is 5.42. The van der Waals surface area contributed by atoms with E-state index < -0.39 is 11.9 Å². The Morgan fingerprint density at radius 1 is 1.32 bits per heavy atom. The normalized spacial score (nSPS) is 12.3. The van der Waals surface area contributed by atoms with Gasteiger partial charge in [-0.1, -0.05) is 19.9 Å². The van der Waals surface area contributed by atoms with Crippen LogP contribution in [0, 0.1) is 12.8 Å². The van der Waals surface area contributed by atoms with Crippen LogP contribution in [0.1, 0.15) is 29.8 Å². The van der Waals surface area contributed by atoms with Crippen molar-refractivity contribution in [2.24, 2.45) is 11.7 Å². The van der Waals surface area contributed by atoms with Crippen LogP contribution < -0.4 is 11.1 Å². The second kappa shape index (κ2) is 6.61. The molecule has 0 radical (unpaired) electrons. The first-order valence-electron chi connectivity index (χ1n) is 6.11. The molecule has 0 unspecified atom stereocenters. The maximum Gasteiger partial charge on any atom is 0.252 e. The molecule has 104 valence electrons. The lowest BCUT2D eigenvalue weighted by Gasteiger charge is -2.19. The van der Waals surface area contributed by atoms with Crippen molar-refractivity contribution in [3.8, 4) is 0 Å². The Hall–Kier alpha value is -1.49. The fraction of sp³-hybridized carbons (Fsp3) is 0.429. The third kappa shape index (κ3) is 3.99. The molecular formula is C14H20N2O2S. The van der Waals surface area contributed by atoms with E-state index in [2.05, 4.69) is 5.32 Å². The first kappa shape index (κ1) is 15.6. The Labute approximate surface area is 118 Å². The van der Waals surface area contributed by atoms with E-state index in [4.69, 9.17) is 5.73 Å². The first-order chi connectivity index (χ1) is 8.86. The highest BCUT2D eigenvalue weighted by Crippen LogP contribution is 2.19. The Bertz CT molecular complexity index is 486. The average molecular weight is 280 g/mol. The fourth-order valence-corrected chi connectivity index (χ4v) is 2.20. The van der Waals surface area contributed by atoms with Crippen LogP contribution in [0.4, 0.5) is 0 Å². The zero-order valence-electron chi connectivity index (χ0n) is 11.7. The van der Waals surface area contributed by atoms with Gasteiger partial charge in [-0.2, -0.15) is 0 Å². The Morgan fingerprint density at radius 2 is 1.95 bits per heavy atom. The molecule has 1 aromatic rings. The molecule has 0 spiro atoms. The van der Waals surface area contributed by atoms with E-state index in [1.165, 1.54) is 0 Å². The van der Waals surface area contributed by atoms with Crippen molar-refractivity contribution in [2.45, 2.75) is 31.7 Å². The van der Waals surface area contributed by atoms with Crippen LogP contribution in [0.3, 0.4) is 0 Å². The summed E-state index contributed by atoms with van der Waals surface area (Å²) in [4.78, 5) is 24.6. The van der Waals surface area contributed by atoms with Crippen molar-refractivity contribution in [1.82, 2.24) is 5.32 Å². The molecule has 0 saturated heterocycles. The molecule has 19 heavy (non-hydrogen) atoms. The lowest BCUT2D eigenvalue weighted by molar-refractivity contribution is -0.120. The number of carbonyl (C=O) groups excluding carboxylic acids is 2. The maximum atomic E-state index is 12.2. The number of primary amides is 1. The molecule has 0 saturated carbocycles. The Morgan fingerprint density at radius 3 is 2.42 bits per heavy atom. The number of thioether (sulfide) groups is 1. The molecule has 0 aliphatic rings. The number of aryl methyl sites for hydroxylation is 1. The van der Waals surface area contributed by atoms with Gasteiger partial charge in [0.2, 0.25) is 5.91 Å². The van der Waals surface area contributed by atoms with Crippen molar-refractivity contribution in [2.75, 3.05) is 6.26 Å². The van der Waals surface area contributed by atoms with Gasteiger partial charge in [0.1, 0.15) is 6.04 Å². The van der Waals surface area contributed by atoms with Crippen LogP contribution in [0.25, 0.3) is 0 Å². The second-order valence-electron chi connectivity index (χ2n) is 4.78. The number of carbonyl (C=O) groups is 2. The zero-order chi connectivity index (χ0) is 14.6. The molecule has 0 aliphatic heterocycles. The quantitative estimate of drug-likeness (QED) is 0.810. The van der Waals surface area contributed by atoms with Crippen LogP contribution in [0.15, 0.2) is 23.1 Å². The summed E-state index contributed by atoms with van der Waals surface area (Å²) in [6.45, 7) is 5.56. The number of amides is 2. The van der Waals surface area contributed by atoms with Gasteiger partial charge < -0.3 is 11.1 Å². The van der Waals surface area contributed by atoms with Crippen LogP contribution in [-0.2, 0) is 4.79 Å². The van der Waals surface area contributed by atoms with E-state index in [9.17, 15) is 9.59 Å². The Balaban J connectivity index is 2.97. The lowest BCUT2D eigenvalue weighted by atomic mass is 10.0. The summed E-state index contributed by atoms with van der Waals surface area (Å²) in [5, 5.41) is 2.70. The first-order valence-corrected chi connectivity index (χ1v) is 7.34. The van der Waals surface area contributed by atoms with Gasteiger partial charge in [-0.05, 0) is 36.8 Å². The number of nitrogens with one attached hydrogen (secondary N) is 1. The molecule has 0 heterocycles. The minimum atomic E-state index is -0.648. The van der Waals surface area contributed by atoms with Gasteiger partial charge in [0.15, 0.2) is 0 Å². The highest BCUT2D eigenvalue weighted by molar-refractivity contribution is 7.98. The summed E-state index contributed by atoms with van der Waals surface area (Å²) in [5.74, 6) is -0.807. The van der Waals surface area contributed by atoms with Gasteiger partial charge in [-0.15, -0.1) is 11.8 Å². The molecule has 0 aliphatic carbocycles.